The highest BCUT2D eigenvalue weighted by Crippen LogP contribution is 2.20. The number of amides is 2. The van der Waals surface area contributed by atoms with Gasteiger partial charge >= 0.3 is 0 Å². The fourth-order valence-electron chi connectivity index (χ4n) is 3.85. The molecule has 136 valence electrons. The number of likely N-dealkylation sites (tertiary alicyclic amines) is 1. The molecule has 0 radical (unpaired) electrons. The van der Waals surface area contributed by atoms with Crippen LogP contribution in [0.1, 0.15) is 45.4 Å². The number of carbonyl (C=O) groups excluding carboxylic acids is 2. The first kappa shape index (κ1) is 17.7. The van der Waals surface area contributed by atoms with Gasteiger partial charge in [0.2, 0.25) is 11.8 Å². The third-order valence-corrected chi connectivity index (χ3v) is 5.55. The summed E-state index contributed by atoms with van der Waals surface area (Å²) in [6.45, 7) is 7.67. The van der Waals surface area contributed by atoms with E-state index in [1.165, 1.54) is 6.42 Å². The van der Waals surface area contributed by atoms with E-state index in [0.29, 0.717) is 31.1 Å². The van der Waals surface area contributed by atoms with Crippen molar-refractivity contribution in [2.24, 2.45) is 0 Å². The molecule has 1 atom stereocenters. The Kier molecular flexibility index (Phi) is 6.11. The van der Waals surface area contributed by atoms with Crippen molar-refractivity contribution in [1.29, 1.82) is 0 Å². The molecule has 2 heterocycles. The first-order valence-electron chi connectivity index (χ1n) is 9.69. The Hall–Kier alpha value is -1.14. The molecular formula is C18H32N4O2. The van der Waals surface area contributed by atoms with E-state index >= 15 is 0 Å². The van der Waals surface area contributed by atoms with Crippen LogP contribution in [-0.2, 0) is 9.59 Å². The van der Waals surface area contributed by atoms with Crippen molar-refractivity contribution in [1.82, 2.24) is 20.0 Å². The van der Waals surface area contributed by atoms with Crippen LogP contribution in [-0.4, -0.2) is 84.4 Å². The molecular weight excluding hydrogens is 304 g/mol. The minimum absolute atomic E-state index is 0.154. The van der Waals surface area contributed by atoms with E-state index in [0.717, 1.165) is 64.8 Å². The molecule has 2 saturated heterocycles. The summed E-state index contributed by atoms with van der Waals surface area (Å²) in [4.78, 5) is 31.1. The molecule has 24 heavy (non-hydrogen) atoms. The van der Waals surface area contributed by atoms with Crippen LogP contribution >= 0.6 is 0 Å². The van der Waals surface area contributed by atoms with E-state index in [4.69, 9.17) is 0 Å². The number of hydrogen-bond acceptors (Lipinski definition) is 4. The van der Waals surface area contributed by atoms with E-state index in [1.54, 1.807) is 0 Å². The first-order chi connectivity index (χ1) is 11.7. The molecule has 0 spiro atoms. The Bertz CT molecular complexity index is 444. The highest BCUT2D eigenvalue weighted by atomic mass is 16.2. The summed E-state index contributed by atoms with van der Waals surface area (Å²) >= 11 is 0. The van der Waals surface area contributed by atoms with Crippen molar-refractivity contribution in [3.05, 3.63) is 0 Å². The Labute approximate surface area is 145 Å². The molecule has 2 amide bonds. The summed E-state index contributed by atoms with van der Waals surface area (Å²) in [5.74, 6) is 0.447. The number of carbonyl (C=O) groups is 2. The minimum atomic E-state index is 0.154. The van der Waals surface area contributed by atoms with Crippen LogP contribution in [0, 0.1) is 0 Å². The van der Waals surface area contributed by atoms with Crippen LogP contribution in [0.3, 0.4) is 0 Å². The number of hydrogen-bond donors (Lipinski definition) is 1. The Morgan fingerprint density at radius 2 is 1.58 bits per heavy atom. The molecule has 0 aromatic rings. The van der Waals surface area contributed by atoms with Crippen LogP contribution in [0.25, 0.3) is 0 Å². The molecule has 2 aliphatic heterocycles. The lowest BCUT2D eigenvalue weighted by Crippen LogP contribution is -2.53. The summed E-state index contributed by atoms with van der Waals surface area (Å²) in [5, 5.41) is 3.04. The van der Waals surface area contributed by atoms with E-state index in [1.807, 2.05) is 0 Å². The van der Waals surface area contributed by atoms with Gasteiger partial charge in [0.25, 0.3) is 0 Å². The van der Waals surface area contributed by atoms with Crippen LogP contribution in [0.4, 0.5) is 0 Å². The predicted octanol–water partition coefficient (Wildman–Crippen LogP) is 0.674. The number of nitrogens with zero attached hydrogens (tertiary/aromatic N) is 3. The lowest BCUT2D eigenvalue weighted by molar-refractivity contribution is -0.137. The normalized spacial score (nSPS) is 26.4. The predicted molar refractivity (Wildman–Crippen MR) is 93.7 cm³/mol. The topological polar surface area (TPSA) is 55.9 Å². The smallest absolute Gasteiger partial charge is 0.236 e. The monoisotopic (exact) mass is 336 g/mol. The maximum atomic E-state index is 12.6. The number of rotatable bonds is 6. The first-order valence-corrected chi connectivity index (χ1v) is 9.69. The summed E-state index contributed by atoms with van der Waals surface area (Å²) in [7, 11) is 0. The second kappa shape index (κ2) is 8.30. The molecule has 0 aromatic carbocycles. The van der Waals surface area contributed by atoms with Gasteiger partial charge < -0.3 is 10.2 Å². The van der Waals surface area contributed by atoms with Gasteiger partial charge in [0, 0.05) is 44.8 Å². The highest BCUT2D eigenvalue weighted by Gasteiger charge is 2.28. The van der Waals surface area contributed by atoms with E-state index in [2.05, 4.69) is 26.9 Å². The van der Waals surface area contributed by atoms with Crippen molar-refractivity contribution in [2.45, 2.75) is 57.5 Å². The zero-order chi connectivity index (χ0) is 16.9. The summed E-state index contributed by atoms with van der Waals surface area (Å²) < 4.78 is 0. The third-order valence-electron chi connectivity index (χ3n) is 5.55. The number of piperidine rings is 1. The fraction of sp³-hybridized carbons (Fsp3) is 0.889. The van der Waals surface area contributed by atoms with Crippen molar-refractivity contribution in [2.75, 3.05) is 45.8 Å². The van der Waals surface area contributed by atoms with Gasteiger partial charge in [0.05, 0.1) is 13.1 Å². The number of piperazine rings is 1. The molecule has 0 aromatic heterocycles. The quantitative estimate of drug-likeness (QED) is 0.775. The standard InChI is InChI=1S/C18H32N4O2/c1-2-16-5-3-4-8-22(16)18(24)14-21-11-9-20(10-12-21)13-17(23)19-15-6-7-15/h15-16H,2-14H2,1H3,(H,19,23). The molecule has 6 nitrogen and oxygen atoms in total. The molecule has 1 unspecified atom stereocenters. The fourth-order valence-corrected chi connectivity index (χ4v) is 3.85. The lowest BCUT2D eigenvalue weighted by atomic mass is 10.00. The van der Waals surface area contributed by atoms with Crippen molar-refractivity contribution in [3.8, 4) is 0 Å². The third kappa shape index (κ3) is 4.93. The summed E-state index contributed by atoms with van der Waals surface area (Å²) in [6, 6.07) is 0.881. The molecule has 6 heteroatoms. The molecule has 1 aliphatic carbocycles. The van der Waals surface area contributed by atoms with E-state index in [-0.39, 0.29) is 5.91 Å². The van der Waals surface area contributed by atoms with Gasteiger partial charge in [0.15, 0.2) is 0 Å². The highest BCUT2D eigenvalue weighted by molar-refractivity contribution is 5.79. The van der Waals surface area contributed by atoms with Crippen molar-refractivity contribution >= 4 is 11.8 Å². The Balaban J connectivity index is 1.38. The molecule has 3 fully saturated rings. The second-order valence-corrected chi connectivity index (χ2v) is 7.54. The average molecular weight is 336 g/mol. The van der Waals surface area contributed by atoms with Crippen LogP contribution in [0.5, 0.6) is 0 Å². The van der Waals surface area contributed by atoms with Gasteiger partial charge in [-0.15, -0.1) is 0 Å². The Morgan fingerprint density at radius 1 is 0.917 bits per heavy atom. The molecule has 3 rings (SSSR count). The van der Waals surface area contributed by atoms with Gasteiger partial charge in [-0.25, -0.2) is 0 Å². The summed E-state index contributed by atoms with van der Waals surface area (Å²) in [6.07, 6.45) is 6.89. The molecule has 1 N–H and O–H groups in total. The largest absolute Gasteiger partial charge is 0.352 e. The van der Waals surface area contributed by atoms with Gasteiger partial charge in [-0.05, 0) is 38.5 Å². The van der Waals surface area contributed by atoms with Gasteiger partial charge in [-0.1, -0.05) is 6.92 Å². The van der Waals surface area contributed by atoms with Crippen LogP contribution in [0.15, 0.2) is 0 Å². The lowest BCUT2D eigenvalue weighted by Gasteiger charge is -2.38. The maximum absolute atomic E-state index is 12.6. The van der Waals surface area contributed by atoms with Crippen LogP contribution < -0.4 is 5.32 Å². The van der Waals surface area contributed by atoms with Crippen LogP contribution in [0.2, 0.25) is 0 Å². The second-order valence-electron chi connectivity index (χ2n) is 7.54. The Morgan fingerprint density at radius 3 is 2.21 bits per heavy atom. The van der Waals surface area contributed by atoms with Gasteiger partial charge in [0.1, 0.15) is 0 Å². The van der Waals surface area contributed by atoms with Gasteiger partial charge in [-0.2, -0.15) is 0 Å². The molecule has 3 aliphatic rings. The van der Waals surface area contributed by atoms with Gasteiger partial charge in [-0.3, -0.25) is 19.4 Å². The van der Waals surface area contributed by atoms with Crippen molar-refractivity contribution < 1.29 is 9.59 Å². The molecule has 1 saturated carbocycles. The minimum Gasteiger partial charge on any atom is -0.352 e. The summed E-state index contributed by atoms with van der Waals surface area (Å²) in [5.41, 5.74) is 0. The SMILES string of the molecule is CCC1CCCCN1C(=O)CN1CCN(CC(=O)NC2CC2)CC1. The zero-order valence-electron chi connectivity index (χ0n) is 15.0. The maximum Gasteiger partial charge on any atom is 0.236 e. The van der Waals surface area contributed by atoms with E-state index < -0.39 is 0 Å². The molecule has 0 bridgehead atoms. The average Bonchev–Trinajstić information content (AvgIpc) is 3.40. The van der Waals surface area contributed by atoms with Crippen molar-refractivity contribution in [3.63, 3.8) is 0 Å². The number of nitrogens with one attached hydrogen (secondary N) is 1. The zero-order valence-corrected chi connectivity index (χ0v) is 15.0. The van der Waals surface area contributed by atoms with E-state index in [9.17, 15) is 9.59 Å².